The number of nitrogens with one attached hydrogen (secondary N) is 1. The van der Waals surface area contributed by atoms with E-state index < -0.39 is 5.25 Å². The summed E-state index contributed by atoms with van der Waals surface area (Å²) in [6.07, 6.45) is 1.27. The summed E-state index contributed by atoms with van der Waals surface area (Å²) in [5, 5.41) is 4.62. The molecule has 0 fully saturated rings. The van der Waals surface area contributed by atoms with Gasteiger partial charge in [0.15, 0.2) is 5.16 Å². The summed E-state index contributed by atoms with van der Waals surface area (Å²) in [4.78, 5) is 30.4. The van der Waals surface area contributed by atoms with E-state index >= 15 is 0 Å². The Kier molecular flexibility index (Phi) is 8.99. The highest BCUT2D eigenvalue weighted by molar-refractivity contribution is 8.00. The molecule has 2 aromatic carbocycles. The molecule has 0 bridgehead atoms. The van der Waals surface area contributed by atoms with E-state index in [0.717, 1.165) is 12.0 Å². The molecular formula is C23H25Cl2N3O3S. The number of nitrogens with zero attached hydrogens (tertiary/aromatic N) is 2. The Labute approximate surface area is 201 Å². The first-order valence-corrected chi connectivity index (χ1v) is 11.9. The van der Waals surface area contributed by atoms with E-state index in [9.17, 15) is 9.59 Å². The van der Waals surface area contributed by atoms with Crippen molar-refractivity contribution in [2.24, 2.45) is 0 Å². The van der Waals surface area contributed by atoms with Gasteiger partial charge < -0.3 is 10.1 Å². The number of fused-ring (bicyclic) bond motifs is 1. The minimum Gasteiger partial charge on any atom is -0.385 e. The maximum Gasteiger partial charge on any atom is 0.262 e. The van der Waals surface area contributed by atoms with Crippen LogP contribution in [0.25, 0.3) is 10.9 Å². The van der Waals surface area contributed by atoms with Crippen LogP contribution in [0.3, 0.4) is 0 Å². The molecule has 1 atom stereocenters. The number of hydrogen-bond acceptors (Lipinski definition) is 5. The Morgan fingerprint density at radius 1 is 1.25 bits per heavy atom. The predicted octanol–water partition coefficient (Wildman–Crippen LogP) is 4.58. The molecule has 0 saturated carbocycles. The zero-order valence-corrected chi connectivity index (χ0v) is 20.3. The number of halogens is 2. The van der Waals surface area contributed by atoms with Gasteiger partial charge in [-0.25, -0.2) is 4.98 Å². The fraction of sp³-hybridized carbons (Fsp3) is 0.348. The predicted molar refractivity (Wildman–Crippen MR) is 131 cm³/mol. The van der Waals surface area contributed by atoms with Crippen LogP contribution in [0.15, 0.2) is 52.4 Å². The van der Waals surface area contributed by atoms with Crippen LogP contribution >= 0.6 is 35.0 Å². The van der Waals surface area contributed by atoms with Gasteiger partial charge in [-0.05, 0) is 49.6 Å². The second-order valence-corrected chi connectivity index (χ2v) is 9.40. The van der Waals surface area contributed by atoms with Crippen molar-refractivity contribution in [3.8, 4) is 0 Å². The number of amides is 1. The summed E-state index contributed by atoms with van der Waals surface area (Å²) in [6.45, 7) is 3.30. The lowest BCUT2D eigenvalue weighted by Crippen LogP contribution is -2.33. The van der Waals surface area contributed by atoms with Gasteiger partial charge in [-0.1, -0.05) is 53.2 Å². The highest BCUT2D eigenvalue weighted by atomic mass is 35.5. The van der Waals surface area contributed by atoms with E-state index in [1.165, 1.54) is 11.8 Å². The Balaban J connectivity index is 1.85. The molecule has 0 spiro atoms. The monoisotopic (exact) mass is 493 g/mol. The van der Waals surface area contributed by atoms with E-state index in [1.807, 2.05) is 18.2 Å². The SMILES string of the molecule is COCCCNC(=O)C(C)Sc1nc2ccccc2c(=O)n1CCc1ccc(Cl)cc1Cl. The van der Waals surface area contributed by atoms with Gasteiger partial charge in [0, 0.05) is 36.9 Å². The number of para-hydroxylation sites is 1. The van der Waals surface area contributed by atoms with Crippen molar-refractivity contribution in [2.75, 3.05) is 20.3 Å². The Hall–Kier alpha value is -2.06. The lowest BCUT2D eigenvalue weighted by atomic mass is 10.1. The fourth-order valence-electron chi connectivity index (χ4n) is 3.17. The van der Waals surface area contributed by atoms with Crippen molar-refractivity contribution in [3.63, 3.8) is 0 Å². The van der Waals surface area contributed by atoms with E-state index in [0.29, 0.717) is 52.2 Å². The minimum atomic E-state index is -0.420. The number of carbonyl (C=O) groups is 1. The molecule has 0 aliphatic rings. The molecule has 1 amide bonds. The van der Waals surface area contributed by atoms with Crippen molar-refractivity contribution in [1.29, 1.82) is 0 Å². The van der Waals surface area contributed by atoms with Crippen molar-refractivity contribution < 1.29 is 9.53 Å². The molecule has 1 unspecified atom stereocenters. The Bertz CT molecular complexity index is 1150. The summed E-state index contributed by atoms with van der Waals surface area (Å²) in [5.74, 6) is -0.110. The van der Waals surface area contributed by atoms with Gasteiger partial charge in [0.1, 0.15) is 0 Å². The van der Waals surface area contributed by atoms with Crippen LogP contribution < -0.4 is 10.9 Å². The summed E-state index contributed by atoms with van der Waals surface area (Å²) >= 11 is 13.6. The highest BCUT2D eigenvalue weighted by Gasteiger charge is 2.19. The molecule has 0 aliphatic carbocycles. The largest absolute Gasteiger partial charge is 0.385 e. The Morgan fingerprint density at radius 3 is 2.78 bits per heavy atom. The van der Waals surface area contributed by atoms with Crippen molar-refractivity contribution in [2.45, 2.75) is 36.7 Å². The first kappa shape index (κ1) is 24.6. The Morgan fingerprint density at radius 2 is 2.03 bits per heavy atom. The highest BCUT2D eigenvalue weighted by Crippen LogP contribution is 2.25. The zero-order valence-electron chi connectivity index (χ0n) is 17.9. The molecule has 0 aliphatic heterocycles. The number of benzene rings is 2. The smallest absolute Gasteiger partial charge is 0.262 e. The lowest BCUT2D eigenvalue weighted by molar-refractivity contribution is -0.120. The number of carbonyl (C=O) groups excluding carboxylic acids is 1. The average Bonchev–Trinajstić information content (AvgIpc) is 2.77. The molecule has 32 heavy (non-hydrogen) atoms. The van der Waals surface area contributed by atoms with Crippen LogP contribution in [0.1, 0.15) is 18.9 Å². The van der Waals surface area contributed by atoms with Gasteiger partial charge in [0.25, 0.3) is 5.56 Å². The van der Waals surface area contributed by atoms with Gasteiger partial charge >= 0.3 is 0 Å². The van der Waals surface area contributed by atoms with Crippen LogP contribution in [0, 0.1) is 0 Å². The number of aryl methyl sites for hydroxylation is 1. The normalized spacial score (nSPS) is 12.1. The van der Waals surface area contributed by atoms with Gasteiger partial charge in [-0.15, -0.1) is 0 Å². The fourth-order valence-corrected chi connectivity index (χ4v) is 4.64. The summed E-state index contributed by atoms with van der Waals surface area (Å²) in [7, 11) is 1.63. The molecular weight excluding hydrogens is 469 g/mol. The lowest BCUT2D eigenvalue weighted by Gasteiger charge is -2.17. The maximum absolute atomic E-state index is 13.2. The molecule has 3 aromatic rings. The molecule has 9 heteroatoms. The summed E-state index contributed by atoms with van der Waals surface area (Å²) < 4.78 is 6.62. The number of thioether (sulfide) groups is 1. The van der Waals surface area contributed by atoms with Crippen molar-refractivity contribution >= 4 is 51.8 Å². The average molecular weight is 494 g/mol. The van der Waals surface area contributed by atoms with Gasteiger partial charge in [-0.2, -0.15) is 0 Å². The maximum atomic E-state index is 13.2. The quantitative estimate of drug-likeness (QED) is 0.254. The zero-order chi connectivity index (χ0) is 23.1. The topological polar surface area (TPSA) is 73.2 Å². The third-order valence-electron chi connectivity index (χ3n) is 4.92. The molecule has 0 saturated heterocycles. The first-order chi connectivity index (χ1) is 15.4. The third kappa shape index (κ3) is 6.25. The molecule has 170 valence electrons. The number of rotatable bonds is 10. The number of hydrogen-bond donors (Lipinski definition) is 1. The van der Waals surface area contributed by atoms with Crippen LogP contribution in [0.2, 0.25) is 10.0 Å². The molecule has 3 rings (SSSR count). The van der Waals surface area contributed by atoms with E-state index in [-0.39, 0.29) is 11.5 Å². The van der Waals surface area contributed by atoms with Crippen molar-refractivity contribution in [1.82, 2.24) is 14.9 Å². The van der Waals surface area contributed by atoms with Crippen LogP contribution in [-0.4, -0.2) is 41.0 Å². The number of methoxy groups -OCH3 is 1. The van der Waals surface area contributed by atoms with Gasteiger partial charge in [-0.3, -0.25) is 14.2 Å². The molecule has 6 nitrogen and oxygen atoms in total. The number of ether oxygens (including phenoxy) is 1. The van der Waals surface area contributed by atoms with E-state index in [2.05, 4.69) is 10.3 Å². The van der Waals surface area contributed by atoms with Crippen molar-refractivity contribution in [3.05, 3.63) is 68.4 Å². The molecule has 1 heterocycles. The summed E-state index contributed by atoms with van der Waals surface area (Å²) in [6, 6.07) is 12.5. The summed E-state index contributed by atoms with van der Waals surface area (Å²) in [5.41, 5.74) is 1.35. The molecule has 1 aromatic heterocycles. The van der Waals surface area contributed by atoms with E-state index in [4.69, 9.17) is 27.9 Å². The van der Waals surface area contributed by atoms with Gasteiger partial charge in [0.2, 0.25) is 5.91 Å². The first-order valence-electron chi connectivity index (χ1n) is 10.3. The second kappa shape index (κ2) is 11.7. The van der Waals surface area contributed by atoms with E-state index in [1.54, 1.807) is 42.9 Å². The number of aromatic nitrogens is 2. The van der Waals surface area contributed by atoms with Crippen LogP contribution in [0.5, 0.6) is 0 Å². The van der Waals surface area contributed by atoms with Gasteiger partial charge in [0.05, 0.1) is 16.2 Å². The minimum absolute atomic E-state index is 0.110. The third-order valence-corrected chi connectivity index (χ3v) is 6.60. The molecule has 0 radical (unpaired) electrons. The van der Waals surface area contributed by atoms with Crippen LogP contribution in [0.4, 0.5) is 0 Å². The molecule has 1 N–H and O–H groups in total. The standard InChI is InChI=1S/C23H25Cl2N3O3S/c1-15(21(29)26-11-5-13-31-2)32-23-27-20-7-4-3-6-18(20)22(30)28(23)12-10-16-8-9-17(24)14-19(16)25/h3-4,6-9,14-15H,5,10-13H2,1-2H3,(H,26,29). The second-order valence-electron chi connectivity index (χ2n) is 7.25. The van der Waals surface area contributed by atoms with Crippen LogP contribution in [-0.2, 0) is 22.5 Å².